The molecule has 0 fully saturated rings. The van der Waals surface area contributed by atoms with Crippen LogP contribution in [0, 0.1) is 0 Å². The lowest BCUT2D eigenvalue weighted by molar-refractivity contribution is -0.00117. The molecule has 0 saturated carbocycles. The SMILES string of the molecule is Clc1ccc(C2Cn3nnc(-c4nc(-c5ccccn5)no4)c3CO2)cc1. The van der Waals surface area contributed by atoms with Gasteiger partial charge < -0.3 is 9.26 Å². The molecule has 1 aliphatic rings. The van der Waals surface area contributed by atoms with E-state index in [-0.39, 0.29) is 6.10 Å². The zero-order valence-corrected chi connectivity index (χ0v) is 14.7. The Morgan fingerprint density at radius 2 is 2.00 bits per heavy atom. The third kappa shape index (κ3) is 2.98. The summed E-state index contributed by atoms with van der Waals surface area (Å²) in [6.45, 7) is 0.891. The first kappa shape index (κ1) is 16.1. The van der Waals surface area contributed by atoms with Crippen molar-refractivity contribution in [2.45, 2.75) is 19.3 Å². The van der Waals surface area contributed by atoms with Crippen LogP contribution in [-0.2, 0) is 17.9 Å². The standard InChI is InChI=1S/C18H13ClN6O2/c19-12-6-4-11(5-7-12)15-9-25-14(10-26-15)16(22-24-25)18-21-17(23-27-18)13-3-1-2-8-20-13/h1-8,15H,9-10H2. The van der Waals surface area contributed by atoms with Gasteiger partial charge in [-0.15, -0.1) is 5.10 Å². The normalized spacial score (nSPS) is 16.3. The molecule has 8 nitrogen and oxygen atoms in total. The molecule has 0 saturated heterocycles. The summed E-state index contributed by atoms with van der Waals surface area (Å²) in [6.07, 6.45) is 1.56. The Balaban J connectivity index is 1.42. The molecule has 1 aliphatic heterocycles. The third-order valence-corrected chi connectivity index (χ3v) is 4.61. The van der Waals surface area contributed by atoms with Crippen LogP contribution in [0.25, 0.3) is 23.1 Å². The number of rotatable bonds is 3. The largest absolute Gasteiger partial charge is 0.365 e. The van der Waals surface area contributed by atoms with Crippen LogP contribution in [0.3, 0.4) is 0 Å². The summed E-state index contributed by atoms with van der Waals surface area (Å²) >= 11 is 5.95. The van der Waals surface area contributed by atoms with Crippen LogP contribution in [0.15, 0.2) is 53.2 Å². The first-order valence-corrected chi connectivity index (χ1v) is 8.70. The topological polar surface area (TPSA) is 91.8 Å². The van der Waals surface area contributed by atoms with Gasteiger partial charge in [-0.25, -0.2) is 4.68 Å². The van der Waals surface area contributed by atoms with E-state index in [1.54, 1.807) is 6.20 Å². The van der Waals surface area contributed by atoms with E-state index in [4.69, 9.17) is 20.9 Å². The van der Waals surface area contributed by atoms with Gasteiger partial charge in [0.1, 0.15) is 11.8 Å². The number of hydrogen-bond acceptors (Lipinski definition) is 7. The molecule has 3 aromatic heterocycles. The van der Waals surface area contributed by atoms with E-state index in [1.165, 1.54) is 0 Å². The average molecular weight is 381 g/mol. The molecule has 0 N–H and O–H groups in total. The van der Waals surface area contributed by atoms with Gasteiger partial charge in [-0.2, -0.15) is 4.98 Å². The number of nitrogens with zero attached hydrogens (tertiary/aromatic N) is 6. The molecule has 0 spiro atoms. The van der Waals surface area contributed by atoms with Gasteiger partial charge in [0, 0.05) is 11.2 Å². The molecule has 1 atom stereocenters. The van der Waals surface area contributed by atoms with E-state index in [0.717, 1.165) is 11.3 Å². The summed E-state index contributed by atoms with van der Waals surface area (Å²) in [5, 5.41) is 13.1. The van der Waals surface area contributed by atoms with Gasteiger partial charge in [0.05, 0.1) is 18.8 Å². The molecule has 9 heteroatoms. The molecule has 0 radical (unpaired) electrons. The highest BCUT2D eigenvalue weighted by molar-refractivity contribution is 6.30. The van der Waals surface area contributed by atoms with Crippen LogP contribution in [0.5, 0.6) is 0 Å². The Labute approximate surface area is 158 Å². The van der Waals surface area contributed by atoms with Gasteiger partial charge in [-0.05, 0) is 29.8 Å². The van der Waals surface area contributed by atoms with E-state index in [0.29, 0.717) is 41.3 Å². The van der Waals surface area contributed by atoms with E-state index in [1.807, 2.05) is 47.1 Å². The van der Waals surface area contributed by atoms with E-state index in [2.05, 4.69) is 25.4 Å². The molecule has 27 heavy (non-hydrogen) atoms. The molecule has 1 unspecified atom stereocenters. The van der Waals surface area contributed by atoms with Crippen molar-refractivity contribution < 1.29 is 9.26 Å². The molecular formula is C18H13ClN6O2. The maximum absolute atomic E-state index is 6.00. The summed E-state index contributed by atoms with van der Waals surface area (Å²) in [7, 11) is 0. The molecule has 5 rings (SSSR count). The minimum Gasteiger partial charge on any atom is -0.365 e. The lowest BCUT2D eigenvalue weighted by Crippen LogP contribution is -2.22. The fourth-order valence-electron chi connectivity index (χ4n) is 2.98. The Bertz CT molecular complexity index is 1080. The second-order valence-electron chi connectivity index (χ2n) is 6.06. The lowest BCUT2D eigenvalue weighted by Gasteiger charge is -2.24. The van der Waals surface area contributed by atoms with Crippen LogP contribution < -0.4 is 0 Å². The Hall–Kier alpha value is -3.10. The maximum atomic E-state index is 6.00. The monoisotopic (exact) mass is 380 g/mol. The van der Waals surface area contributed by atoms with Crippen molar-refractivity contribution >= 4 is 11.6 Å². The number of halogens is 1. The van der Waals surface area contributed by atoms with Crippen LogP contribution in [0.2, 0.25) is 5.02 Å². The summed E-state index contributed by atoms with van der Waals surface area (Å²) in [6, 6.07) is 13.1. The van der Waals surface area contributed by atoms with Gasteiger partial charge in [0.15, 0.2) is 5.69 Å². The van der Waals surface area contributed by atoms with Crippen LogP contribution in [0.1, 0.15) is 17.4 Å². The molecule has 4 heterocycles. The number of pyridine rings is 1. The fraction of sp³-hybridized carbons (Fsp3) is 0.167. The lowest BCUT2D eigenvalue weighted by atomic mass is 10.1. The van der Waals surface area contributed by atoms with Crippen molar-refractivity contribution in [3.63, 3.8) is 0 Å². The van der Waals surface area contributed by atoms with Crippen LogP contribution in [0.4, 0.5) is 0 Å². The van der Waals surface area contributed by atoms with Crippen molar-refractivity contribution in [2.24, 2.45) is 0 Å². The van der Waals surface area contributed by atoms with Gasteiger partial charge in [-0.3, -0.25) is 4.98 Å². The molecule has 0 bridgehead atoms. The van der Waals surface area contributed by atoms with Gasteiger partial charge in [0.25, 0.3) is 5.89 Å². The molecule has 0 aliphatic carbocycles. The second kappa shape index (κ2) is 6.57. The fourth-order valence-corrected chi connectivity index (χ4v) is 3.10. The summed E-state index contributed by atoms with van der Waals surface area (Å²) < 4.78 is 13.2. The second-order valence-corrected chi connectivity index (χ2v) is 6.49. The van der Waals surface area contributed by atoms with Crippen molar-refractivity contribution in [2.75, 3.05) is 0 Å². The highest BCUT2D eigenvalue weighted by Crippen LogP contribution is 2.31. The Morgan fingerprint density at radius 1 is 1.11 bits per heavy atom. The third-order valence-electron chi connectivity index (χ3n) is 4.36. The van der Waals surface area contributed by atoms with Gasteiger partial charge in [-0.1, -0.05) is 40.2 Å². The van der Waals surface area contributed by atoms with Crippen molar-refractivity contribution in [3.8, 4) is 23.1 Å². The van der Waals surface area contributed by atoms with E-state index < -0.39 is 0 Å². The molecular weight excluding hydrogens is 368 g/mol. The Kier molecular flexibility index (Phi) is 3.92. The zero-order valence-electron chi connectivity index (χ0n) is 14.0. The van der Waals surface area contributed by atoms with Crippen LogP contribution >= 0.6 is 11.6 Å². The van der Waals surface area contributed by atoms with Gasteiger partial charge >= 0.3 is 0 Å². The minimum absolute atomic E-state index is 0.115. The molecule has 0 amide bonds. The molecule has 4 aromatic rings. The number of aromatic nitrogens is 6. The number of fused-ring (bicyclic) bond motifs is 1. The zero-order chi connectivity index (χ0) is 18.2. The first-order chi connectivity index (χ1) is 13.3. The maximum Gasteiger partial charge on any atom is 0.280 e. The summed E-state index contributed by atoms with van der Waals surface area (Å²) in [5.74, 6) is 0.702. The summed E-state index contributed by atoms with van der Waals surface area (Å²) in [5.41, 5.74) is 3.00. The number of benzene rings is 1. The van der Waals surface area contributed by atoms with E-state index >= 15 is 0 Å². The van der Waals surface area contributed by atoms with Crippen molar-refractivity contribution in [1.82, 2.24) is 30.1 Å². The van der Waals surface area contributed by atoms with Crippen LogP contribution in [-0.4, -0.2) is 30.1 Å². The molecule has 1 aromatic carbocycles. The number of hydrogen-bond donors (Lipinski definition) is 0. The predicted molar refractivity (Wildman–Crippen MR) is 95.5 cm³/mol. The van der Waals surface area contributed by atoms with Gasteiger partial charge in [0.2, 0.25) is 5.82 Å². The van der Waals surface area contributed by atoms with E-state index in [9.17, 15) is 0 Å². The highest BCUT2D eigenvalue weighted by Gasteiger charge is 2.28. The average Bonchev–Trinajstić information content (AvgIpc) is 3.36. The first-order valence-electron chi connectivity index (χ1n) is 8.33. The van der Waals surface area contributed by atoms with Crippen molar-refractivity contribution in [1.29, 1.82) is 0 Å². The smallest absolute Gasteiger partial charge is 0.280 e. The van der Waals surface area contributed by atoms with Crippen molar-refractivity contribution in [3.05, 3.63) is 64.9 Å². The minimum atomic E-state index is -0.115. The molecule has 134 valence electrons. The summed E-state index contributed by atoms with van der Waals surface area (Å²) in [4.78, 5) is 8.61. The Morgan fingerprint density at radius 3 is 2.81 bits per heavy atom. The number of ether oxygens (including phenoxy) is 1. The predicted octanol–water partition coefficient (Wildman–Crippen LogP) is 3.32. The highest BCUT2D eigenvalue weighted by atomic mass is 35.5. The quantitative estimate of drug-likeness (QED) is 0.538.